The second-order valence-corrected chi connectivity index (χ2v) is 7.26. The van der Waals surface area contributed by atoms with Crippen molar-refractivity contribution in [1.82, 2.24) is 15.3 Å². The third kappa shape index (κ3) is 4.91. The first-order valence-electron chi connectivity index (χ1n) is 9.12. The van der Waals surface area contributed by atoms with Crippen LogP contribution in [0.4, 0.5) is 13.2 Å². The smallest absolute Gasteiger partial charge is 0.346 e. The van der Waals surface area contributed by atoms with Crippen molar-refractivity contribution in [1.29, 1.82) is 0 Å². The number of aromatic amines is 1. The molecular formula is C21H22F3N3O. The minimum absolute atomic E-state index is 0.00691. The number of nitrogens with one attached hydrogen (secondary N) is 2. The number of H-pyrrole nitrogens is 1. The molecule has 148 valence electrons. The van der Waals surface area contributed by atoms with Crippen LogP contribution >= 0.6 is 0 Å². The predicted octanol–water partition coefficient (Wildman–Crippen LogP) is 5.03. The van der Waals surface area contributed by atoms with Crippen LogP contribution in [0.3, 0.4) is 0 Å². The molecular weight excluding hydrogens is 367 g/mol. The van der Waals surface area contributed by atoms with Gasteiger partial charge >= 0.3 is 6.18 Å². The molecule has 0 bridgehead atoms. The van der Waals surface area contributed by atoms with Crippen LogP contribution in [0.25, 0.3) is 11.0 Å². The highest BCUT2D eigenvalue weighted by molar-refractivity contribution is 5.79. The molecule has 1 atom stereocenters. The number of halogens is 3. The molecule has 0 aliphatic heterocycles. The molecule has 1 heterocycles. The van der Waals surface area contributed by atoms with Gasteiger partial charge in [0.25, 0.3) is 0 Å². The summed E-state index contributed by atoms with van der Waals surface area (Å²) in [5.74, 6) is 0.742. The molecule has 2 aromatic carbocycles. The number of hydrogen-bond acceptors (Lipinski definition) is 2. The Kier molecular flexibility index (Phi) is 5.72. The van der Waals surface area contributed by atoms with Gasteiger partial charge in [-0.2, -0.15) is 13.2 Å². The van der Waals surface area contributed by atoms with E-state index < -0.39 is 11.7 Å². The molecule has 0 fully saturated rings. The molecule has 0 saturated heterocycles. The zero-order valence-corrected chi connectivity index (χ0v) is 15.7. The van der Waals surface area contributed by atoms with E-state index in [1.54, 1.807) is 0 Å². The van der Waals surface area contributed by atoms with E-state index in [0.29, 0.717) is 23.7 Å². The van der Waals surface area contributed by atoms with Crippen LogP contribution < -0.4 is 5.32 Å². The highest BCUT2D eigenvalue weighted by Gasteiger charge is 2.30. The van der Waals surface area contributed by atoms with E-state index in [1.807, 2.05) is 24.3 Å². The van der Waals surface area contributed by atoms with Crippen LogP contribution in [0.15, 0.2) is 48.5 Å². The number of imidazole rings is 1. The average Bonchev–Trinajstić information content (AvgIpc) is 3.04. The quantitative estimate of drug-likeness (QED) is 0.621. The van der Waals surface area contributed by atoms with Gasteiger partial charge in [-0.05, 0) is 42.2 Å². The highest BCUT2D eigenvalue weighted by Crippen LogP contribution is 2.29. The molecule has 3 rings (SSSR count). The van der Waals surface area contributed by atoms with Crippen LogP contribution in [-0.4, -0.2) is 15.9 Å². The summed E-state index contributed by atoms with van der Waals surface area (Å²) in [6, 6.07) is 12.0. The highest BCUT2D eigenvalue weighted by atomic mass is 19.4. The minimum Gasteiger partial charge on any atom is -0.346 e. The Morgan fingerprint density at radius 1 is 1.11 bits per heavy atom. The number of nitrogens with zero attached hydrogens (tertiary/aromatic N) is 1. The summed E-state index contributed by atoms with van der Waals surface area (Å²) in [4.78, 5) is 20.3. The molecule has 28 heavy (non-hydrogen) atoms. The normalized spacial score (nSPS) is 13.1. The van der Waals surface area contributed by atoms with E-state index in [0.717, 1.165) is 23.2 Å². The van der Waals surface area contributed by atoms with E-state index in [4.69, 9.17) is 0 Å². The fourth-order valence-corrected chi connectivity index (χ4v) is 3.09. The van der Waals surface area contributed by atoms with Crippen molar-refractivity contribution < 1.29 is 18.0 Å². The van der Waals surface area contributed by atoms with Gasteiger partial charge in [0.15, 0.2) is 0 Å². The maximum Gasteiger partial charge on any atom is 0.416 e. The number of aromatic nitrogens is 2. The molecule has 4 nitrogen and oxygen atoms in total. The Morgan fingerprint density at radius 3 is 2.39 bits per heavy atom. The molecule has 0 aliphatic rings. The summed E-state index contributed by atoms with van der Waals surface area (Å²) in [6.07, 6.45) is -3.68. The Bertz CT molecular complexity index is 912. The first-order valence-corrected chi connectivity index (χ1v) is 9.12. The van der Waals surface area contributed by atoms with Crippen molar-refractivity contribution in [3.63, 3.8) is 0 Å². The molecule has 0 aliphatic carbocycles. The lowest BCUT2D eigenvalue weighted by Gasteiger charge is -2.19. The molecule has 2 N–H and O–H groups in total. The monoisotopic (exact) mass is 389 g/mol. The average molecular weight is 389 g/mol. The maximum atomic E-state index is 12.7. The standard InChI is InChI=1S/C21H22F3N3O/c1-13(2)11-18(20-26-16-5-3-4-6-17(16)27-20)25-19(28)12-14-7-9-15(10-8-14)21(22,23)24/h3-10,13,18H,11-12H2,1-2H3,(H,25,28)(H,26,27)/t18-/m0/s1. The summed E-state index contributed by atoms with van der Waals surface area (Å²) in [5.41, 5.74) is 1.52. The topological polar surface area (TPSA) is 57.8 Å². The van der Waals surface area contributed by atoms with Crippen molar-refractivity contribution in [3.05, 3.63) is 65.5 Å². The summed E-state index contributed by atoms with van der Waals surface area (Å²) in [5, 5.41) is 2.96. The number of amides is 1. The van der Waals surface area contributed by atoms with Gasteiger partial charge in [-0.1, -0.05) is 38.1 Å². The first kappa shape index (κ1) is 19.9. The van der Waals surface area contributed by atoms with Crippen molar-refractivity contribution in [3.8, 4) is 0 Å². The van der Waals surface area contributed by atoms with Crippen molar-refractivity contribution >= 4 is 16.9 Å². The van der Waals surface area contributed by atoms with Crippen LogP contribution in [0, 0.1) is 5.92 Å². The number of alkyl halides is 3. The number of fused-ring (bicyclic) bond motifs is 1. The fourth-order valence-electron chi connectivity index (χ4n) is 3.09. The van der Waals surface area contributed by atoms with Gasteiger partial charge in [0.1, 0.15) is 5.82 Å². The van der Waals surface area contributed by atoms with Crippen molar-refractivity contribution in [2.24, 2.45) is 5.92 Å². The minimum atomic E-state index is -4.38. The third-order valence-electron chi connectivity index (χ3n) is 4.43. The Balaban J connectivity index is 1.72. The largest absolute Gasteiger partial charge is 0.416 e. The van der Waals surface area contributed by atoms with Crippen molar-refractivity contribution in [2.45, 2.75) is 38.9 Å². The Hall–Kier alpha value is -2.83. The lowest BCUT2D eigenvalue weighted by molar-refractivity contribution is -0.137. The molecule has 0 unspecified atom stereocenters. The Labute approximate surface area is 161 Å². The summed E-state index contributed by atoms with van der Waals surface area (Å²) in [6.45, 7) is 4.11. The van der Waals surface area contributed by atoms with Gasteiger partial charge in [0, 0.05) is 0 Å². The van der Waals surface area contributed by atoms with Gasteiger partial charge in [0.05, 0.1) is 29.1 Å². The second kappa shape index (κ2) is 8.04. The van der Waals surface area contributed by atoms with Crippen LogP contribution in [0.2, 0.25) is 0 Å². The van der Waals surface area contributed by atoms with Crippen LogP contribution in [-0.2, 0) is 17.4 Å². The molecule has 1 aromatic heterocycles. The van der Waals surface area contributed by atoms with E-state index in [1.165, 1.54) is 12.1 Å². The molecule has 7 heteroatoms. The summed E-state index contributed by atoms with van der Waals surface area (Å²) < 4.78 is 38.0. The zero-order valence-electron chi connectivity index (χ0n) is 15.7. The summed E-state index contributed by atoms with van der Waals surface area (Å²) in [7, 11) is 0. The fraction of sp³-hybridized carbons (Fsp3) is 0.333. The summed E-state index contributed by atoms with van der Waals surface area (Å²) >= 11 is 0. The van der Waals surface area contributed by atoms with Gasteiger partial charge < -0.3 is 10.3 Å². The lowest BCUT2D eigenvalue weighted by atomic mass is 10.0. The van der Waals surface area contributed by atoms with Crippen LogP contribution in [0.1, 0.15) is 43.3 Å². The number of hydrogen-bond donors (Lipinski definition) is 2. The lowest BCUT2D eigenvalue weighted by Crippen LogP contribution is -2.31. The molecule has 3 aromatic rings. The third-order valence-corrected chi connectivity index (χ3v) is 4.43. The molecule has 0 saturated carbocycles. The second-order valence-electron chi connectivity index (χ2n) is 7.26. The van der Waals surface area contributed by atoms with Crippen molar-refractivity contribution in [2.75, 3.05) is 0 Å². The van der Waals surface area contributed by atoms with Gasteiger partial charge in [-0.25, -0.2) is 4.98 Å². The Morgan fingerprint density at radius 2 is 1.79 bits per heavy atom. The maximum absolute atomic E-state index is 12.7. The number of para-hydroxylation sites is 2. The molecule has 0 spiro atoms. The zero-order chi connectivity index (χ0) is 20.3. The number of carbonyl (C=O) groups is 1. The van der Waals surface area contributed by atoms with E-state index in [2.05, 4.69) is 29.1 Å². The van der Waals surface area contributed by atoms with E-state index in [9.17, 15) is 18.0 Å². The predicted molar refractivity (Wildman–Crippen MR) is 102 cm³/mol. The van der Waals surface area contributed by atoms with Gasteiger partial charge in [0.2, 0.25) is 5.91 Å². The van der Waals surface area contributed by atoms with Crippen LogP contribution in [0.5, 0.6) is 0 Å². The van der Waals surface area contributed by atoms with E-state index >= 15 is 0 Å². The van der Waals surface area contributed by atoms with E-state index in [-0.39, 0.29) is 18.4 Å². The molecule has 1 amide bonds. The number of benzene rings is 2. The first-order chi connectivity index (χ1) is 13.2. The van der Waals surface area contributed by atoms with Gasteiger partial charge in [-0.3, -0.25) is 4.79 Å². The van der Waals surface area contributed by atoms with Gasteiger partial charge in [-0.15, -0.1) is 0 Å². The SMILES string of the molecule is CC(C)C[C@H](NC(=O)Cc1ccc(C(F)(F)F)cc1)c1nc2ccccc2[nH]1. The number of carbonyl (C=O) groups excluding carboxylic acids is 1. The number of rotatable bonds is 6. The molecule has 0 radical (unpaired) electrons.